The van der Waals surface area contributed by atoms with Crippen LogP contribution in [-0.4, -0.2) is 169 Å². The number of aliphatic hydroxyl groups is 1. The molecule has 21 heteroatoms. The Kier molecular flexibility index (Phi) is 13.4. The number of fused-ring (bicyclic) bond motifs is 6. The molecule has 0 radical (unpaired) electrons. The van der Waals surface area contributed by atoms with Crippen LogP contribution in [0.2, 0.25) is 0 Å². The minimum atomic E-state index is -2.33. The van der Waals surface area contributed by atoms with Crippen molar-refractivity contribution in [3.8, 4) is 17.2 Å². The van der Waals surface area contributed by atoms with E-state index in [4.69, 9.17) is 34.2 Å². The lowest BCUT2D eigenvalue weighted by Gasteiger charge is -2.44. The van der Waals surface area contributed by atoms with E-state index < -0.39 is 132 Å². The molecule has 11 atom stereocenters. The number of amides is 4. The molecule has 348 valence electrons. The number of hydrogen-bond acceptors (Lipinski definition) is 17. The van der Waals surface area contributed by atoms with Crippen molar-refractivity contribution in [2.24, 2.45) is 5.73 Å². The van der Waals surface area contributed by atoms with Gasteiger partial charge in [0.15, 0.2) is 24.6 Å². The standard InChI is InChI=1S/C43H56N6O15/c1-18(44)37(54)46-20(3)39(56)47-19(2)38(55)45-11-12-48(5)42(57)43(58)16-23-29(35(53)31-30(33(23)51)32(50)22-9-8-10-25(59-6)28(22)34(31)52)26(17-43)63-27-15-24-36(21(4)62-27)64-40-41(60-7)61-14-13-49(24)40/h8-10,18-21,24,26-27,36,40-41,51,53,58H,11-17,44H2,1-7H3,(H,45,55)(H,46,54)(H,47,56)/t18-,19-,20-,21-,24-,26-,27-,36+,40+,41-,43-/m0/s1. The predicted molar refractivity (Wildman–Crippen MR) is 221 cm³/mol. The van der Waals surface area contributed by atoms with Gasteiger partial charge in [-0.1, -0.05) is 12.1 Å². The molecule has 0 saturated carbocycles. The number of carbonyl (C=O) groups excluding carboxylic acids is 6. The number of carbonyl (C=O) groups is 6. The molecule has 2 aliphatic carbocycles. The van der Waals surface area contributed by atoms with Crippen molar-refractivity contribution in [3.63, 3.8) is 0 Å². The quantitative estimate of drug-likeness (QED) is 0.102. The summed E-state index contributed by atoms with van der Waals surface area (Å²) >= 11 is 0. The van der Waals surface area contributed by atoms with E-state index in [0.717, 1.165) is 4.90 Å². The number of nitrogens with zero attached hydrogens (tertiary/aromatic N) is 2. The van der Waals surface area contributed by atoms with Gasteiger partial charge in [0.2, 0.25) is 23.5 Å². The van der Waals surface area contributed by atoms with E-state index in [1.165, 1.54) is 60.2 Å². The number of nitrogens with one attached hydrogen (secondary N) is 3. The first kappa shape index (κ1) is 46.7. The Morgan fingerprint density at radius 1 is 0.984 bits per heavy atom. The molecule has 8 N–H and O–H groups in total. The van der Waals surface area contributed by atoms with Gasteiger partial charge in [-0.25, -0.2) is 0 Å². The van der Waals surface area contributed by atoms with Gasteiger partial charge in [0.25, 0.3) is 5.91 Å². The van der Waals surface area contributed by atoms with Gasteiger partial charge in [-0.05, 0) is 33.8 Å². The van der Waals surface area contributed by atoms with Crippen LogP contribution in [0, 0.1) is 0 Å². The SMILES string of the molecule is COc1cccc2c1C(=O)c1c(O)c3c(c(O)c1C2=O)C[C@@](O)(C(=O)N(C)CCNC(=O)[C@H](C)NC(=O)[C@H](C)NC(=O)[C@H](C)N)C[C@@H]3O[C@H]1C[C@H]2[C@H](O[C@@H]3[C@@H](OC)OCCN32)[C@H](C)O1. The molecule has 3 fully saturated rings. The number of hydrogen-bond donors (Lipinski definition) is 7. The van der Waals surface area contributed by atoms with Gasteiger partial charge in [0, 0.05) is 75.8 Å². The molecule has 0 bridgehead atoms. The lowest BCUT2D eigenvalue weighted by Crippen LogP contribution is -2.56. The highest BCUT2D eigenvalue weighted by atomic mass is 16.7. The maximum Gasteiger partial charge on any atom is 0.254 e. The van der Waals surface area contributed by atoms with Crippen LogP contribution < -0.4 is 26.4 Å². The zero-order valence-electron chi connectivity index (χ0n) is 36.7. The molecule has 7 rings (SSSR count). The third-order valence-corrected chi connectivity index (χ3v) is 12.6. The number of morpholine rings is 1. The third-order valence-electron chi connectivity index (χ3n) is 12.6. The first-order valence-electron chi connectivity index (χ1n) is 21.2. The summed E-state index contributed by atoms with van der Waals surface area (Å²) in [6.07, 6.45) is -5.36. The highest BCUT2D eigenvalue weighted by Crippen LogP contribution is 2.53. The van der Waals surface area contributed by atoms with Crippen molar-refractivity contribution in [1.29, 1.82) is 0 Å². The summed E-state index contributed by atoms with van der Waals surface area (Å²) in [6, 6.07) is 1.31. The van der Waals surface area contributed by atoms with E-state index in [2.05, 4.69) is 20.9 Å². The first-order valence-corrected chi connectivity index (χ1v) is 21.2. The Hall–Kier alpha value is -5.26. The summed E-state index contributed by atoms with van der Waals surface area (Å²) in [5.41, 5.74) is 1.78. The molecule has 21 nitrogen and oxygen atoms in total. The number of benzene rings is 2. The lowest BCUT2D eigenvalue weighted by molar-refractivity contribution is -0.256. The molecular weight excluding hydrogens is 840 g/mol. The monoisotopic (exact) mass is 896 g/mol. The number of nitrogens with two attached hydrogens (primary N) is 1. The Balaban J connectivity index is 1.14. The third kappa shape index (κ3) is 8.41. The highest BCUT2D eigenvalue weighted by Gasteiger charge is 2.55. The number of phenols is 2. The van der Waals surface area contributed by atoms with Crippen LogP contribution in [0.4, 0.5) is 0 Å². The highest BCUT2D eigenvalue weighted by molar-refractivity contribution is 6.31. The molecule has 3 heterocycles. The van der Waals surface area contributed by atoms with Crippen LogP contribution >= 0.6 is 0 Å². The number of methoxy groups -OCH3 is 2. The summed E-state index contributed by atoms with van der Waals surface area (Å²) in [6.45, 7) is 6.81. The fraction of sp³-hybridized carbons (Fsp3) is 0.581. The smallest absolute Gasteiger partial charge is 0.254 e. The average Bonchev–Trinajstić information content (AvgIpc) is 3.65. The van der Waals surface area contributed by atoms with Crippen LogP contribution in [0.25, 0.3) is 0 Å². The van der Waals surface area contributed by atoms with Gasteiger partial charge in [-0.3, -0.25) is 33.7 Å². The molecule has 0 aromatic heterocycles. The predicted octanol–water partition coefficient (Wildman–Crippen LogP) is -0.919. The fourth-order valence-electron chi connectivity index (χ4n) is 9.26. The number of ketones is 2. The van der Waals surface area contributed by atoms with Crippen LogP contribution in [0.15, 0.2) is 18.2 Å². The Morgan fingerprint density at radius 2 is 1.67 bits per heavy atom. The van der Waals surface area contributed by atoms with E-state index in [1.54, 1.807) is 0 Å². The number of ether oxygens (including phenoxy) is 6. The Labute approximate surface area is 368 Å². The fourth-order valence-corrected chi connectivity index (χ4v) is 9.26. The van der Waals surface area contributed by atoms with Crippen LogP contribution in [0.1, 0.15) is 89.6 Å². The minimum Gasteiger partial charge on any atom is -0.507 e. The molecule has 3 saturated heterocycles. The molecule has 5 aliphatic rings. The van der Waals surface area contributed by atoms with Crippen molar-refractivity contribution in [3.05, 3.63) is 51.6 Å². The van der Waals surface area contributed by atoms with E-state index in [-0.39, 0.29) is 53.6 Å². The number of rotatable bonds is 13. The largest absolute Gasteiger partial charge is 0.507 e. The maximum atomic E-state index is 14.3. The molecule has 2 aromatic rings. The first-order chi connectivity index (χ1) is 30.3. The van der Waals surface area contributed by atoms with Gasteiger partial charge in [-0.2, -0.15) is 0 Å². The van der Waals surface area contributed by atoms with Gasteiger partial charge in [0.1, 0.15) is 41.0 Å². The second kappa shape index (κ2) is 18.3. The van der Waals surface area contributed by atoms with Gasteiger partial charge < -0.3 is 70.3 Å². The molecule has 64 heavy (non-hydrogen) atoms. The van der Waals surface area contributed by atoms with E-state index >= 15 is 0 Å². The van der Waals surface area contributed by atoms with Crippen LogP contribution in [0.5, 0.6) is 17.2 Å². The Morgan fingerprint density at radius 3 is 2.36 bits per heavy atom. The van der Waals surface area contributed by atoms with Crippen molar-refractivity contribution in [1.82, 2.24) is 25.8 Å². The second-order valence-electron chi connectivity index (χ2n) is 17.0. The van der Waals surface area contributed by atoms with Crippen molar-refractivity contribution < 1.29 is 72.5 Å². The van der Waals surface area contributed by atoms with Crippen LogP contribution in [-0.2, 0) is 49.3 Å². The minimum absolute atomic E-state index is 0.0744. The summed E-state index contributed by atoms with van der Waals surface area (Å²) < 4.78 is 35.9. The zero-order valence-corrected chi connectivity index (χ0v) is 36.7. The molecule has 4 amide bonds. The Bertz CT molecular complexity index is 2220. The van der Waals surface area contributed by atoms with Crippen molar-refractivity contribution in [2.45, 2.75) is 114 Å². The van der Waals surface area contributed by atoms with E-state index in [0.29, 0.717) is 13.2 Å². The number of aromatic hydroxyl groups is 2. The number of likely N-dealkylation sites (N-methyl/N-ethyl adjacent to an activating group) is 1. The lowest BCUT2D eigenvalue weighted by atomic mass is 9.72. The number of phenolic OH excluding ortho intramolecular Hbond substituents is 2. The van der Waals surface area contributed by atoms with Crippen molar-refractivity contribution in [2.75, 3.05) is 47.5 Å². The van der Waals surface area contributed by atoms with Gasteiger partial charge in [-0.15, -0.1) is 0 Å². The van der Waals surface area contributed by atoms with Gasteiger partial charge >= 0.3 is 0 Å². The summed E-state index contributed by atoms with van der Waals surface area (Å²) in [5.74, 6) is -5.48. The summed E-state index contributed by atoms with van der Waals surface area (Å²) in [4.78, 5) is 83.3. The molecular formula is C43H56N6O15. The van der Waals surface area contributed by atoms with Crippen molar-refractivity contribution >= 4 is 35.2 Å². The second-order valence-corrected chi connectivity index (χ2v) is 17.0. The topological polar surface area (TPSA) is 287 Å². The van der Waals surface area contributed by atoms with E-state index in [9.17, 15) is 44.1 Å². The maximum absolute atomic E-state index is 14.3. The zero-order chi connectivity index (χ0) is 46.5. The molecule has 0 spiro atoms. The van der Waals surface area contributed by atoms with Crippen LogP contribution in [0.3, 0.4) is 0 Å². The summed E-state index contributed by atoms with van der Waals surface area (Å²) in [5, 5.41) is 44.1. The molecule has 3 aliphatic heterocycles. The molecule has 0 unspecified atom stereocenters. The van der Waals surface area contributed by atoms with Gasteiger partial charge in [0.05, 0.1) is 48.7 Å². The normalized spacial score (nSPS) is 28.5. The molecule has 2 aromatic carbocycles. The van der Waals surface area contributed by atoms with E-state index in [1.807, 2.05) is 6.92 Å². The summed E-state index contributed by atoms with van der Waals surface area (Å²) in [7, 11) is 4.24. The average molecular weight is 897 g/mol.